The van der Waals surface area contributed by atoms with E-state index in [9.17, 15) is 18.0 Å². The fourth-order valence-electron chi connectivity index (χ4n) is 3.18. The highest BCUT2D eigenvalue weighted by atomic mass is 35.5. The van der Waals surface area contributed by atoms with Crippen LogP contribution in [0, 0.1) is 5.92 Å². The smallest absolute Gasteiger partial charge is 0.391 e. The summed E-state index contributed by atoms with van der Waals surface area (Å²) in [6, 6.07) is 7.90. The Morgan fingerprint density at radius 2 is 1.80 bits per heavy atom. The van der Waals surface area contributed by atoms with Crippen molar-refractivity contribution in [2.24, 2.45) is 5.92 Å². The molecule has 2 aromatic carbocycles. The van der Waals surface area contributed by atoms with Crippen molar-refractivity contribution in [1.82, 2.24) is 0 Å². The lowest BCUT2D eigenvalue weighted by molar-refractivity contribution is -0.185. The number of ether oxygens (including phenoxy) is 1. The average Bonchev–Trinajstić information content (AvgIpc) is 2.56. The topological polar surface area (TPSA) is 46.5 Å². The second-order valence-corrected chi connectivity index (χ2v) is 6.63. The molecule has 0 heterocycles. The van der Waals surface area contributed by atoms with E-state index in [0.717, 1.165) is 0 Å². The molecule has 0 unspecified atom stereocenters. The Morgan fingerprint density at radius 1 is 1.12 bits per heavy atom. The van der Waals surface area contributed by atoms with Crippen molar-refractivity contribution < 1.29 is 27.8 Å². The summed E-state index contributed by atoms with van der Waals surface area (Å²) in [6.07, 6.45) is -3.67. The van der Waals surface area contributed by atoms with E-state index in [1.54, 1.807) is 18.2 Å². The lowest BCUT2D eigenvalue weighted by atomic mass is 9.87. The van der Waals surface area contributed by atoms with Crippen LogP contribution in [0.15, 0.2) is 30.3 Å². The molecule has 0 saturated heterocycles. The summed E-state index contributed by atoms with van der Waals surface area (Å²) >= 11 is 6.34. The van der Waals surface area contributed by atoms with Crippen LogP contribution >= 0.6 is 11.6 Å². The fourth-order valence-corrected chi connectivity index (χ4v) is 3.46. The molecule has 25 heavy (non-hydrogen) atoms. The number of aromatic carboxylic acids is 1. The number of hydrogen-bond acceptors (Lipinski definition) is 2. The van der Waals surface area contributed by atoms with Gasteiger partial charge in [-0.3, -0.25) is 0 Å². The first-order chi connectivity index (χ1) is 11.8. The van der Waals surface area contributed by atoms with Gasteiger partial charge in [0.15, 0.2) is 0 Å². The number of carbonyl (C=O) groups is 1. The Balaban J connectivity index is 1.75. The maximum atomic E-state index is 12.7. The van der Waals surface area contributed by atoms with E-state index in [2.05, 4.69) is 0 Å². The van der Waals surface area contributed by atoms with Gasteiger partial charge in [-0.2, -0.15) is 13.2 Å². The van der Waals surface area contributed by atoms with Crippen LogP contribution < -0.4 is 4.74 Å². The van der Waals surface area contributed by atoms with Crippen molar-refractivity contribution in [3.05, 3.63) is 40.9 Å². The average molecular weight is 373 g/mol. The molecule has 1 aliphatic carbocycles. The summed E-state index contributed by atoms with van der Waals surface area (Å²) < 4.78 is 44.0. The molecule has 3 nitrogen and oxygen atoms in total. The number of fused-ring (bicyclic) bond motifs is 1. The summed E-state index contributed by atoms with van der Waals surface area (Å²) in [5.41, 5.74) is 0.155. The van der Waals surface area contributed by atoms with Crippen LogP contribution in [0.5, 0.6) is 5.75 Å². The monoisotopic (exact) mass is 372 g/mol. The highest BCUT2D eigenvalue weighted by molar-refractivity contribution is 6.37. The molecule has 7 heteroatoms. The Morgan fingerprint density at radius 3 is 2.40 bits per heavy atom. The minimum absolute atomic E-state index is 0.0569. The molecule has 0 amide bonds. The van der Waals surface area contributed by atoms with Crippen LogP contribution in [0.4, 0.5) is 13.2 Å². The SMILES string of the molecule is O=C(O)c1ccc2c(Cl)c(OC3CCC(C(F)(F)F)CC3)ccc2c1. The first-order valence-electron chi connectivity index (χ1n) is 7.94. The van der Waals surface area contributed by atoms with Gasteiger partial charge in [0.25, 0.3) is 0 Å². The normalized spacial score (nSPS) is 21.3. The minimum Gasteiger partial charge on any atom is -0.489 e. The van der Waals surface area contributed by atoms with Gasteiger partial charge in [0, 0.05) is 5.39 Å². The van der Waals surface area contributed by atoms with Crippen LogP contribution in [-0.4, -0.2) is 23.4 Å². The van der Waals surface area contributed by atoms with Gasteiger partial charge in [0.2, 0.25) is 0 Å². The molecule has 0 aromatic heterocycles. The van der Waals surface area contributed by atoms with Crippen LogP contribution in [0.2, 0.25) is 5.02 Å². The summed E-state index contributed by atoms with van der Waals surface area (Å²) in [6.45, 7) is 0. The third-order valence-corrected chi connectivity index (χ3v) is 4.99. The van der Waals surface area contributed by atoms with Gasteiger partial charge >= 0.3 is 12.1 Å². The standard InChI is InChI=1S/C18H16ClF3O3/c19-16-14-7-1-11(17(23)24)9-10(14)2-8-15(16)25-13-5-3-12(4-6-13)18(20,21)22/h1-2,7-9,12-13H,3-6H2,(H,23,24). The third kappa shape index (κ3) is 3.84. The van der Waals surface area contributed by atoms with E-state index in [-0.39, 0.29) is 24.5 Å². The number of hydrogen-bond donors (Lipinski definition) is 1. The predicted octanol–water partition coefficient (Wildman–Crippen LogP) is 5.69. The van der Waals surface area contributed by atoms with Crippen LogP contribution in [0.3, 0.4) is 0 Å². The first kappa shape index (κ1) is 17.9. The molecule has 1 aliphatic rings. The van der Waals surface area contributed by atoms with Crippen molar-refractivity contribution in [3.8, 4) is 5.75 Å². The van der Waals surface area contributed by atoms with E-state index >= 15 is 0 Å². The Labute approximate surface area is 147 Å². The maximum absolute atomic E-state index is 12.7. The number of benzene rings is 2. The highest BCUT2D eigenvalue weighted by Gasteiger charge is 2.41. The zero-order valence-corrected chi connectivity index (χ0v) is 13.9. The van der Waals surface area contributed by atoms with Gasteiger partial charge in [0.05, 0.1) is 22.6 Å². The van der Waals surface area contributed by atoms with E-state index in [1.807, 2.05) is 0 Å². The number of rotatable bonds is 3. The van der Waals surface area contributed by atoms with E-state index in [1.165, 1.54) is 12.1 Å². The lowest BCUT2D eigenvalue weighted by Crippen LogP contribution is -2.31. The number of halogens is 4. The lowest BCUT2D eigenvalue weighted by Gasteiger charge is -2.30. The Kier molecular flexibility index (Phi) is 4.82. The van der Waals surface area contributed by atoms with Crippen LogP contribution in [-0.2, 0) is 0 Å². The molecule has 0 spiro atoms. The van der Waals surface area contributed by atoms with Crippen molar-refractivity contribution in [3.63, 3.8) is 0 Å². The second kappa shape index (κ2) is 6.75. The molecule has 134 valence electrons. The Hall–Kier alpha value is -1.95. The van der Waals surface area contributed by atoms with Crippen LogP contribution in [0.1, 0.15) is 36.0 Å². The summed E-state index contributed by atoms with van der Waals surface area (Å²) in [4.78, 5) is 11.0. The minimum atomic E-state index is -4.15. The van der Waals surface area contributed by atoms with E-state index < -0.39 is 18.1 Å². The fraction of sp³-hybridized carbons (Fsp3) is 0.389. The zero-order chi connectivity index (χ0) is 18.2. The van der Waals surface area contributed by atoms with E-state index in [0.29, 0.717) is 34.4 Å². The molecule has 0 radical (unpaired) electrons. The zero-order valence-electron chi connectivity index (χ0n) is 13.1. The molecule has 1 fully saturated rings. The molecule has 0 bridgehead atoms. The quantitative estimate of drug-likeness (QED) is 0.752. The van der Waals surface area contributed by atoms with Gasteiger partial charge < -0.3 is 9.84 Å². The molecule has 0 aliphatic heterocycles. The van der Waals surface area contributed by atoms with Crippen molar-refractivity contribution in [1.29, 1.82) is 0 Å². The molecular formula is C18H16ClF3O3. The van der Waals surface area contributed by atoms with E-state index in [4.69, 9.17) is 21.4 Å². The predicted molar refractivity (Wildman–Crippen MR) is 88.3 cm³/mol. The van der Waals surface area contributed by atoms with Gasteiger partial charge in [0.1, 0.15) is 5.75 Å². The van der Waals surface area contributed by atoms with Crippen molar-refractivity contribution in [2.75, 3.05) is 0 Å². The molecule has 1 N–H and O–H groups in total. The van der Waals surface area contributed by atoms with Gasteiger partial charge in [-0.15, -0.1) is 0 Å². The maximum Gasteiger partial charge on any atom is 0.391 e. The summed E-state index contributed by atoms with van der Waals surface area (Å²) in [7, 11) is 0. The first-order valence-corrected chi connectivity index (χ1v) is 8.32. The molecular weight excluding hydrogens is 357 g/mol. The van der Waals surface area contributed by atoms with Crippen molar-refractivity contribution in [2.45, 2.75) is 38.0 Å². The number of alkyl halides is 3. The van der Waals surface area contributed by atoms with Gasteiger partial charge in [-0.1, -0.05) is 23.7 Å². The third-order valence-electron chi connectivity index (χ3n) is 4.60. The number of carboxylic acid groups (broad SMARTS) is 1. The van der Waals surface area contributed by atoms with Gasteiger partial charge in [-0.25, -0.2) is 4.79 Å². The second-order valence-electron chi connectivity index (χ2n) is 6.25. The Bertz CT molecular complexity index is 796. The van der Waals surface area contributed by atoms with Crippen LogP contribution in [0.25, 0.3) is 10.8 Å². The summed E-state index contributed by atoms with van der Waals surface area (Å²) in [5.74, 6) is -1.87. The molecule has 0 atom stereocenters. The van der Waals surface area contributed by atoms with Gasteiger partial charge in [-0.05, 0) is 49.3 Å². The highest BCUT2D eigenvalue weighted by Crippen LogP contribution is 2.40. The molecule has 3 rings (SSSR count). The summed E-state index contributed by atoms with van der Waals surface area (Å²) in [5, 5.41) is 10.7. The number of carboxylic acids is 1. The molecule has 1 saturated carbocycles. The largest absolute Gasteiger partial charge is 0.489 e. The van der Waals surface area contributed by atoms with Crippen molar-refractivity contribution >= 4 is 28.3 Å². The molecule has 2 aromatic rings.